The quantitative estimate of drug-likeness (QED) is 0.564. The number of rotatable bonds is 4. The first-order valence-corrected chi connectivity index (χ1v) is 8.86. The zero-order valence-corrected chi connectivity index (χ0v) is 15.2. The highest BCUT2D eigenvalue weighted by Gasteiger charge is 2.16. The van der Waals surface area contributed by atoms with Crippen molar-refractivity contribution in [2.24, 2.45) is 7.05 Å². The van der Waals surface area contributed by atoms with Crippen LogP contribution in [-0.2, 0) is 13.6 Å². The lowest BCUT2D eigenvalue weighted by atomic mass is 10.2. The molecule has 0 saturated heterocycles. The number of aryl methyl sites for hydroxylation is 2. The lowest BCUT2D eigenvalue weighted by Gasteiger charge is -2.17. The Hall–Kier alpha value is -2.80. The van der Waals surface area contributed by atoms with Crippen molar-refractivity contribution in [2.45, 2.75) is 13.5 Å². The lowest BCUT2D eigenvalue weighted by molar-refractivity contribution is 0.773. The van der Waals surface area contributed by atoms with Gasteiger partial charge in [0.2, 0.25) is 0 Å². The molecule has 0 fully saturated rings. The number of fused-ring (bicyclic) bond motifs is 1. The fraction of sp³-hybridized carbons (Fsp3) is 0.222. The van der Waals surface area contributed by atoms with Crippen molar-refractivity contribution in [1.29, 1.82) is 0 Å². The van der Waals surface area contributed by atoms with Crippen LogP contribution in [0.3, 0.4) is 0 Å². The van der Waals surface area contributed by atoms with Crippen molar-refractivity contribution in [3.05, 3.63) is 53.4 Å². The third kappa shape index (κ3) is 2.87. The summed E-state index contributed by atoms with van der Waals surface area (Å²) in [5.41, 5.74) is 3.95. The molecule has 0 radical (unpaired) electrons. The van der Waals surface area contributed by atoms with Crippen molar-refractivity contribution >= 4 is 28.2 Å². The number of benzene rings is 1. The third-order valence-electron chi connectivity index (χ3n) is 4.11. The first kappa shape index (κ1) is 15.7. The van der Waals surface area contributed by atoms with Crippen LogP contribution in [0.25, 0.3) is 21.6 Å². The summed E-state index contributed by atoms with van der Waals surface area (Å²) in [5, 5.41) is 8.59. The Kier molecular flexibility index (Phi) is 3.93. The van der Waals surface area contributed by atoms with E-state index in [1.807, 2.05) is 39.2 Å². The molecule has 0 N–H and O–H groups in total. The fourth-order valence-electron chi connectivity index (χ4n) is 2.96. The van der Waals surface area contributed by atoms with Crippen molar-refractivity contribution in [3.8, 4) is 10.6 Å². The van der Waals surface area contributed by atoms with Gasteiger partial charge in [-0.3, -0.25) is 4.68 Å². The highest BCUT2D eigenvalue weighted by Crippen LogP contribution is 2.27. The van der Waals surface area contributed by atoms with Crippen LogP contribution in [0.4, 0.5) is 5.82 Å². The molecule has 0 bridgehead atoms. The van der Waals surface area contributed by atoms with Crippen molar-refractivity contribution in [2.75, 3.05) is 11.9 Å². The SMILES string of the molecule is Cc1nn(C)c2ncnc(N(C)Cc3csc(-c4ccccc4)n3)c12. The summed E-state index contributed by atoms with van der Waals surface area (Å²) in [6.07, 6.45) is 1.59. The van der Waals surface area contributed by atoms with E-state index in [4.69, 9.17) is 4.98 Å². The topological polar surface area (TPSA) is 59.7 Å². The standard InChI is InChI=1S/C18H18N6S/c1-12-15-16(19-11-20-17(15)24(3)22-12)23(2)9-14-10-25-18(21-14)13-7-5-4-6-8-13/h4-8,10-11H,9H2,1-3H3. The van der Waals surface area contributed by atoms with E-state index in [1.54, 1.807) is 22.3 Å². The predicted molar refractivity (Wildman–Crippen MR) is 101 cm³/mol. The van der Waals surface area contributed by atoms with Gasteiger partial charge in [0.1, 0.15) is 17.2 Å². The minimum atomic E-state index is 0.684. The average Bonchev–Trinajstić information content (AvgIpc) is 3.21. The number of nitrogens with zero attached hydrogens (tertiary/aromatic N) is 6. The third-order valence-corrected chi connectivity index (χ3v) is 5.05. The van der Waals surface area contributed by atoms with Crippen molar-refractivity contribution in [3.63, 3.8) is 0 Å². The van der Waals surface area contributed by atoms with Crippen LogP contribution in [0.15, 0.2) is 42.0 Å². The molecule has 7 heteroatoms. The number of thiazole rings is 1. The van der Waals surface area contributed by atoms with E-state index in [9.17, 15) is 0 Å². The van der Waals surface area contributed by atoms with E-state index >= 15 is 0 Å². The van der Waals surface area contributed by atoms with Gasteiger partial charge in [0.15, 0.2) is 5.65 Å². The molecule has 4 aromatic rings. The molecule has 0 atom stereocenters. The van der Waals surface area contributed by atoms with Crippen LogP contribution in [0, 0.1) is 6.92 Å². The first-order chi connectivity index (χ1) is 12.1. The second kappa shape index (κ2) is 6.25. The van der Waals surface area contributed by atoms with Gasteiger partial charge in [-0.05, 0) is 6.92 Å². The summed E-state index contributed by atoms with van der Waals surface area (Å²) in [6.45, 7) is 2.67. The van der Waals surface area contributed by atoms with Gasteiger partial charge in [-0.25, -0.2) is 15.0 Å². The summed E-state index contributed by atoms with van der Waals surface area (Å²) in [6, 6.07) is 10.2. The number of anilines is 1. The smallest absolute Gasteiger partial charge is 0.163 e. The van der Waals surface area contributed by atoms with Gasteiger partial charge in [0, 0.05) is 25.0 Å². The molecule has 25 heavy (non-hydrogen) atoms. The number of hydrogen-bond acceptors (Lipinski definition) is 6. The Morgan fingerprint density at radius 1 is 1.16 bits per heavy atom. The van der Waals surface area contributed by atoms with Gasteiger partial charge in [-0.1, -0.05) is 30.3 Å². The van der Waals surface area contributed by atoms with Crippen LogP contribution in [0.5, 0.6) is 0 Å². The molecule has 0 aliphatic heterocycles. The Balaban J connectivity index is 1.63. The zero-order chi connectivity index (χ0) is 17.4. The molecule has 4 rings (SSSR count). The van der Waals surface area contributed by atoms with E-state index in [1.165, 1.54) is 0 Å². The number of aromatic nitrogens is 5. The van der Waals surface area contributed by atoms with Crippen LogP contribution in [0.2, 0.25) is 0 Å². The second-order valence-electron chi connectivity index (χ2n) is 5.97. The van der Waals surface area contributed by atoms with Crippen molar-refractivity contribution < 1.29 is 0 Å². The normalized spacial score (nSPS) is 11.2. The Bertz CT molecular complexity index is 1020. The van der Waals surface area contributed by atoms with Gasteiger partial charge in [-0.15, -0.1) is 11.3 Å². The fourth-order valence-corrected chi connectivity index (χ4v) is 3.78. The largest absolute Gasteiger partial charge is 0.353 e. The van der Waals surface area contributed by atoms with Gasteiger partial charge < -0.3 is 4.90 Å². The Morgan fingerprint density at radius 2 is 1.96 bits per heavy atom. The summed E-state index contributed by atoms with van der Waals surface area (Å²) >= 11 is 1.66. The minimum Gasteiger partial charge on any atom is -0.353 e. The lowest BCUT2D eigenvalue weighted by Crippen LogP contribution is -2.18. The predicted octanol–water partition coefficient (Wildman–Crippen LogP) is 3.43. The zero-order valence-electron chi connectivity index (χ0n) is 14.3. The van der Waals surface area contributed by atoms with E-state index < -0.39 is 0 Å². The number of hydrogen-bond donors (Lipinski definition) is 0. The molecule has 0 saturated carbocycles. The molecule has 0 aliphatic carbocycles. The van der Waals surface area contributed by atoms with Crippen LogP contribution >= 0.6 is 11.3 Å². The molecule has 126 valence electrons. The van der Waals surface area contributed by atoms with Gasteiger partial charge in [0.05, 0.1) is 23.3 Å². The maximum atomic E-state index is 4.77. The summed E-state index contributed by atoms with van der Waals surface area (Å²) in [4.78, 5) is 15.7. The molecule has 0 amide bonds. The molecule has 0 unspecified atom stereocenters. The monoisotopic (exact) mass is 350 g/mol. The van der Waals surface area contributed by atoms with Gasteiger partial charge in [0.25, 0.3) is 0 Å². The minimum absolute atomic E-state index is 0.684. The summed E-state index contributed by atoms with van der Waals surface area (Å²) < 4.78 is 1.79. The van der Waals surface area contributed by atoms with Gasteiger partial charge in [-0.2, -0.15) is 5.10 Å². The average molecular weight is 350 g/mol. The van der Waals surface area contributed by atoms with E-state index in [0.717, 1.165) is 38.8 Å². The molecular weight excluding hydrogens is 332 g/mol. The molecule has 3 heterocycles. The molecule has 6 nitrogen and oxygen atoms in total. The highest BCUT2D eigenvalue weighted by molar-refractivity contribution is 7.13. The second-order valence-corrected chi connectivity index (χ2v) is 6.83. The van der Waals surface area contributed by atoms with Crippen LogP contribution < -0.4 is 4.90 Å². The van der Waals surface area contributed by atoms with Crippen molar-refractivity contribution in [1.82, 2.24) is 24.7 Å². The molecule has 1 aromatic carbocycles. The van der Waals surface area contributed by atoms with Gasteiger partial charge >= 0.3 is 0 Å². The molecule has 0 spiro atoms. The van der Waals surface area contributed by atoms with E-state index in [0.29, 0.717) is 6.54 Å². The van der Waals surface area contributed by atoms with E-state index in [-0.39, 0.29) is 0 Å². The van der Waals surface area contributed by atoms with E-state index in [2.05, 4.69) is 37.5 Å². The highest BCUT2D eigenvalue weighted by atomic mass is 32.1. The summed E-state index contributed by atoms with van der Waals surface area (Å²) in [7, 11) is 3.93. The molecular formula is C18H18N6S. The maximum absolute atomic E-state index is 4.77. The summed E-state index contributed by atoms with van der Waals surface area (Å²) in [5.74, 6) is 0.880. The van der Waals surface area contributed by atoms with Crippen LogP contribution in [-0.4, -0.2) is 31.8 Å². The first-order valence-electron chi connectivity index (χ1n) is 7.99. The molecule has 0 aliphatic rings. The maximum Gasteiger partial charge on any atom is 0.163 e. The Labute approximate surface area is 149 Å². The molecule has 3 aromatic heterocycles. The van der Waals surface area contributed by atoms with Crippen LogP contribution in [0.1, 0.15) is 11.4 Å². The Morgan fingerprint density at radius 3 is 2.76 bits per heavy atom.